The minimum atomic E-state index is -0.493. The van der Waals surface area contributed by atoms with Crippen LogP contribution in [0.2, 0.25) is 0 Å². The summed E-state index contributed by atoms with van der Waals surface area (Å²) < 4.78 is 5.33. The lowest BCUT2D eigenvalue weighted by molar-refractivity contribution is 0.0995. The number of pyridine rings is 1. The molecular formula is C19H24N4O2. The van der Waals surface area contributed by atoms with Crippen molar-refractivity contribution in [3.05, 3.63) is 53.9 Å². The molecule has 0 aliphatic carbocycles. The normalized spacial score (nSPS) is 16.5. The number of rotatable bonds is 5. The molecule has 2 aromatic rings. The van der Waals surface area contributed by atoms with Crippen LogP contribution in [0.1, 0.15) is 29.0 Å². The number of aromatic nitrogens is 1. The number of nitrogens with two attached hydrogens (primary N) is 1. The van der Waals surface area contributed by atoms with Crippen LogP contribution in [0.5, 0.6) is 5.75 Å². The zero-order valence-corrected chi connectivity index (χ0v) is 14.7. The Balaban J connectivity index is 1.65. The number of benzene rings is 1. The summed E-state index contributed by atoms with van der Waals surface area (Å²) in [5.41, 5.74) is 7.89. The Hall–Kier alpha value is -2.60. The average molecular weight is 340 g/mol. The molecule has 25 heavy (non-hydrogen) atoms. The lowest BCUT2D eigenvalue weighted by Gasteiger charge is -2.39. The van der Waals surface area contributed by atoms with E-state index in [-0.39, 0.29) is 0 Å². The van der Waals surface area contributed by atoms with Crippen molar-refractivity contribution in [1.82, 2.24) is 9.88 Å². The van der Waals surface area contributed by atoms with Gasteiger partial charge in [0, 0.05) is 44.1 Å². The van der Waals surface area contributed by atoms with Crippen molar-refractivity contribution >= 4 is 11.6 Å². The van der Waals surface area contributed by atoms with E-state index in [1.54, 1.807) is 19.4 Å². The Bertz CT molecular complexity index is 742. The fourth-order valence-corrected chi connectivity index (χ4v) is 3.23. The number of methoxy groups -OCH3 is 1. The molecule has 0 radical (unpaired) electrons. The smallest absolute Gasteiger partial charge is 0.267 e. The molecule has 1 aromatic heterocycles. The number of anilines is 1. The summed E-state index contributed by atoms with van der Waals surface area (Å²) in [6, 6.07) is 12.3. The summed E-state index contributed by atoms with van der Waals surface area (Å²) in [6.45, 7) is 5.92. The van der Waals surface area contributed by atoms with Gasteiger partial charge in [0.2, 0.25) is 0 Å². The van der Waals surface area contributed by atoms with Gasteiger partial charge < -0.3 is 15.4 Å². The second-order valence-corrected chi connectivity index (χ2v) is 6.24. The van der Waals surface area contributed by atoms with E-state index in [9.17, 15) is 4.79 Å². The van der Waals surface area contributed by atoms with Crippen LogP contribution in [0.15, 0.2) is 42.6 Å². The second kappa shape index (κ2) is 7.53. The monoisotopic (exact) mass is 340 g/mol. The van der Waals surface area contributed by atoms with Gasteiger partial charge in [0.15, 0.2) is 0 Å². The van der Waals surface area contributed by atoms with Crippen LogP contribution >= 0.6 is 0 Å². The minimum absolute atomic E-state index is 0.310. The number of hydrogen-bond acceptors (Lipinski definition) is 5. The quantitative estimate of drug-likeness (QED) is 0.902. The van der Waals surface area contributed by atoms with Gasteiger partial charge in [-0.05, 0) is 36.8 Å². The number of ether oxygens (including phenoxy) is 1. The van der Waals surface area contributed by atoms with Crippen molar-refractivity contribution in [1.29, 1.82) is 0 Å². The zero-order chi connectivity index (χ0) is 17.8. The molecule has 132 valence electrons. The maximum absolute atomic E-state index is 11.3. The number of primary amides is 1. The first-order chi connectivity index (χ1) is 12.1. The molecule has 1 aromatic carbocycles. The molecular weight excluding hydrogens is 316 g/mol. The standard InChI is InChI=1S/C19H24N4O2/c1-14(15-4-3-5-17(12-15)25-2)22-8-10-23(11-9-22)16-6-7-21-18(13-16)19(20)24/h3-7,12-14H,8-11H2,1-2H3,(H2,20,24)/t14-/m0/s1. The second-order valence-electron chi connectivity index (χ2n) is 6.24. The van der Waals surface area contributed by atoms with Crippen LogP contribution < -0.4 is 15.4 Å². The summed E-state index contributed by atoms with van der Waals surface area (Å²) in [4.78, 5) is 20.0. The van der Waals surface area contributed by atoms with Crippen molar-refractivity contribution in [3.8, 4) is 5.75 Å². The molecule has 1 atom stereocenters. The molecule has 0 spiro atoms. The Morgan fingerprint density at radius 1 is 1.20 bits per heavy atom. The van der Waals surface area contributed by atoms with Gasteiger partial charge in [0.05, 0.1) is 7.11 Å². The van der Waals surface area contributed by atoms with Crippen molar-refractivity contribution in [2.45, 2.75) is 13.0 Å². The van der Waals surface area contributed by atoms with Gasteiger partial charge in [-0.2, -0.15) is 0 Å². The van der Waals surface area contributed by atoms with Crippen molar-refractivity contribution < 1.29 is 9.53 Å². The van der Waals surface area contributed by atoms with E-state index in [0.717, 1.165) is 37.6 Å². The van der Waals surface area contributed by atoms with Crippen molar-refractivity contribution in [2.75, 3.05) is 38.2 Å². The SMILES string of the molecule is COc1cccc([C@H](C)N2CCN(c3ccnc(C(N)=O)c3)CC2)c1. The Morgan fingerprint density at radius 2 is 1.96 bits per heavy atom. The van der Waals surface area contributed by atoms with Crippen LogP contribution in [0.3, 0.4) is 0 Å². The molecule has 1 aliphatic heterocycles. The van der Waals surface area contributed by atoms with Crippen LogP contribution in [-0.4, -0.2) is 49.1 Å². The summed E-state index contributed by atoms with van der Waals surface area (Å²) in [5, 5.41) is 0. The number of carbonyl (C=O) groups excluding carboxylic acids is 1. The average Bonchev–Trinajstić information content (AvgIpc) is 2.67. The van der Waals surface area contributed by atoms with Gasteiger partial charge in [-0.1, -0.05) is 12.1 Å². The lowest BCUT2D eigenvalue weighted by Crippen LogP contribution is -2.47. The van der Waals surface area contributed by atoms with Gasteiger partial charge in [-0.15, -0.1) is 0 Å². The first-order valence-corrected chi connectivity index (χ1v) is 8.47. The Morgan fingerprint density at radius 3 is 2.64 bits per heavy atom. The van der Waals surface area contributed by atoms with Gasteiger partial charge in [-0.3, -0.25) is 14.7 Å². The highest BCUT2D eigenvalue weighted by Gasteiger charge is 2.23. The largest absolute Gasteiger partial charge is 0.497 e. The molecule has 1 fully saturated rings. The summed E-state index contributed by atoms with van der Waals surface area (Å²) in [7, 11) is 1.69. The Labute approximate surface area is 148 Å². The predicted octanol–water partition coefficient (Wildman–Crippen LogP) is 2.07. The molecule has 1 aliphatic rings. The highest BCUT2D eigenvalue weighted by molar-refractivity contribution is 5.91. The summed E-state index contributed by atoms with van der Waals surface area (Å²) in [5.74, 6) is 0.394. The predicted molar refractivity (Wildman–Crippen MR) is 97.9 cm³/mol. The molecule has 2 N–H and O–H groups in total. The van der Waals surface area contributed by atoms with Crippen molar-refractivity contribution in [3.63, 3.8) is 0 Å². The number of nitrogens with zero attached hydrogens (tertiary/aromatic N) is 3. The van der Waals surface area contributed by atoms with E-state index in [4.69, 9.17) is 10.5 Å². The van der Waals surface area contributed by atoms with Crippen molar-refractivity contribution in [2.24, 2.45) is 5.73 Å². The zero-order valence-electron chi connectivity index (χ0n) is 14.7. The van der Waals surface area contributed by atoms with E-state index >= 15 is 0 Å². The van der Waals surface area contributed by atoms with Crippen LogP contribution in [-0.2, 0) is 0 Å². The third kappa shape index (κ3) is 3.91. The topological polar surface area (TPSA) is 71.7 Å². The molecule has 6 nitrogen and oxygen atoms in total. The van der Waals surface area contributed by atoms with Gasteiger partial charge in [0.25, 0.3) is 5.91 Å². The molecule has 1 saturated heterocycles. The minimum Gasteiger partial charge on any atom is -0.497 e. The third-order valence-corrected chi connectivity index (χ3v) is 4.80. The highest BCUT2D eigenvalue weighted by Crippen LogP contribution is 2.26. The summed E-state index contributed by atoms with van der Waals surface area (Å²) in [6.07, 6.45) is 1.64. The lowest BCUT2D eigenvalue weighted by atomic mass is 10.1. The fraction of sp³-hybridized carbons (Fsp3) is 0.368. The summed E-state index contributed by atoms with van der Waals surface area (Å²) >= 11 is 0. The molecule has 1 amide bonds. The molecule has 3 rings (SSSR count). The van der Waals surface area contributed by atoms with E-state index in [2.05, 4.69) is 33.8 Å². The number of amides is 1. The van der Waals surface area contributed by atoms with E-state index in [1.807, 2.05) is 18.2 Å². The third-order valence-electron chi connectivity index (χ3n) is 4.80. The first-order valence-electron chi connectivity index (χ1n) is 8.47. The number of hydrogen-bond donors (Lipinski definition) is 1. The maximum Gasteiger partial charge on any atom is 0.267 e. The molecule has 0 unspecified atom stereocenters. The van der Waals surface area contributed by atoms with E-state index in [1.165, 1.54) is 5.56 Å². The highest BCUT2D eigenvalue weighted by atomic mass is 16.5. The molecule has 0 bridgehead atoms. The molecule has 2 heterocycles. The first kappa shape index (κ1) is 17.2. The van der Waals surface area contributed by atoms with Gasteiger partial charge in [0.1, 0.15) is 11.4 Å². The maximum atomic E-state index is 11.3. The van der Waals surface area contributed by atoms with Crippen LogP contribution in [0.25, 0.3) is 0 Å². The van der Waals surface area contributed by atoms with Gasteiger partial charge >= 0.3 is 0 Å². The fourth-order valence-electron chi connectivity index (χ4n) is 3.23. The van der Waals surface area contributed by atoms with Crippen LogP contribution in [0.4, 0.5) is 5.69 Å². The van der Waals surface area contributed by atoms with Gasteiger partial charge in [-0.25, -0.2) is 0 Å². The number of carbonyl (C=O) groups is 1. The number of piperazine rings is 1. The Kier molecular flexibility index (Phi) is 5.19. The molecule has 6 heteroatoms. The molecule has 0 saturated carbocycles. The van der Waals surface area contributed by atoms with Crippen LogP contribution in [0, 0.1) is 0 Å². The van der Waals surface area contributed by atoms with E-state index < -0.39 is 5.91 Å². The van der Waals surface area contributed by atoms with E-state index in [0.29, 0.717) is 11.7 Å².